The molecule has 32 heavy (non-hydrogen) atoms. The molecule has 1 saturated heterocycles. The molecule has 0 atom stereocenters. The molecule has 3 aliphatic rings. The van der Waals surface area contributed by atoms with Crippen molar-refractivity contribution in [3.05, 3.63) is 42.1 Å². The molecule has 6 nitrogen and oxygen atoms in total. The zero-order chi connectivity index (χ0) is 21.9. The van der Waals surface area contributed by atoms with E-state index in [1.165, 1.54) is 36.9 Å². The standard InChI is InChI=1S/C26H34N4O2/c31-23-13-15-29(16-14-23)21-10-8-20(9-11-21)28-25-17-24-19(18-27-25)7-12-26(32)30(24)22-5-3-1-2-4-6-22/h8-11,17-18,22-23,31H,1-7,12-16H2,(H,27,28). The van der Waals surface area contributed by atoms with E-state index in [-0.39, 0.29) is 12.0 Å². The predicted octanol–water partition coefficient (Wildman–Crippen LogP) is 4.79. The number of aliphatic hydroxyl groups is 1. The van der Waals surface area contributed by atoms with Gasteiger partial charge in [-0.05, 0) is 61.9 Å². The van der Waals surface area contributed by atoms with Crippen LogP contribution in [0.25, 0.3) is 0 Å². The number of rotatable bonds is 4. The fourth-order valence-electron chi connectivity index (χ4n) is 5.40. The average Bonchev–Trinajstić information content (AvgIpc) is 3.09. The molecule has 1 amide bonds. The summed E-state index contributed by atoms with van der Waals surface area (Å²) in [6.07, 6.45) is 12.0. The number of aryl methyl sites for hydroxylation is 1. The van der Waals surface area contributed by atoms with Crippen LogP contribution < -0.4 is 15.1 Å². The van der Waals surface area contributed by atoms with Gasteiger partial charge in [-0.1, -0.05) is 25.7 Å². The maximum atomic E-state index is 12.9. The lowest BCUT2D eigenvalue weighted by Gasteiger charge is -2.36. The Morgan fingerprint density at radius 3 is 2.38 bits per heavy atom. The molecule has 2 N–H and O–H groups in total. The highest BCUT2D eigenvalue weighted by Crippen LogP contribution is 2.35. The first-order chi connectivity index (χ1) is 15.7. The first-order valence-corrected chi connectivity index (χ1v) is 12.3. The van der Waals surface area contributed by atoms with Crippen molar-refractivity contribution < 1.29 is 9.90 Å². The lowest BCUT2D eigenvalue weighted by molar-refractivity contribution is -0.119. The van der Waals surface area contributed by atoms with Gasteiger partial charge in [-0.3, -0.25) is 4.79 Å². The molecule has 0 unspecified atom stereocenters. The van der Waals surface area contributed by atoms with E-state index < -0.39 is 0 Å². The Morgan fingerprint density at radius 1 is 0.938 bits per heavy atom. The molecule has 2 aromatic rings. The number of benzene rings is 1. The molecule has 170 valence electrons. The SMILES string of the molecule is O=C1CCc2cnc(Nc3ccc(N4CCC(O)CC4)cc3)cc2N1C1CCCCCC1. The Hall–Kier alpha value is -2.60. The van der Waals surface area contributed by atoms with Crippen molar-refractivity contribution in [2.75, 3.05) is 28.2 Å². The van der Waals surface area contributed by atoms with Gasteiger partial charge in [0, 0.05) is 49.2 Å². The highest BCUT2D eigenvalue weighted by atomic mass is 16.3. The van der Waals surface area contributed by atoms with Crippen LogP contribution in [0.1, 0.15) is 63.4 Å². The molecule has 1 aromatic heterocycles. The van der Waals surface area contributed by atoms with Crippen LogP contribution in [0.4, 0.5) is 22.9 Å². The summed E-state index contributed by atoms with van der Waals surface area (Å²) in [7, 11) is 0. The van der Waals surface area contributed by atoms with E-state index in [0.717, 1.165) is 62.4 Å². The summed E-state index contributed by atoms with van der Waals surface area (Å²) in [5, 5.41) is 13.2. The fraction of sp³-hybridized carbons (Fsp3) is 0.538. The summed E-state index contributed by atoms with van der Waals surface area (Å²) in [4.78, 5) is 22.0. The number of carbonyl (C=O) groups excluding carboxylic acids is 1. The topological polar surface area (TPSA) is 68.7 Å². The van der Waals surface area contributed by atoms with Crippen LogP contribution in [0.3, 0.4) is 0 Å². The number of hydrogen-bond acceptors (Lipinski definition) is 5. The third kappa shape index (κ3) is 4.60. The predicted molar refractivity (Wildman–Crippen MR) is 129 cm³/mol. The van der Waals surface area contributed by atoms with E-state index in [1.807, 2.05) is 6.20 Å². The highest BCUT2D eigenvalue weighted by molar-refractivity contribution is 5.97. The van der Waals surface area contributed by atoms with Crippen molar-refractivity contribution >= 4 is 28.8 Å². The van der Waals surface area contributed by atoms with Crippen LogP contribution in [0, 0.1) is 0 Å². The minimum atomic E-state index is -0.160. The van der Waals surface area contributed by atoms with E-state index in [0.29, 0.717) is 12.5 Å². The molecule has 5 rings (SSSR count). The molecule has 0 radical (unpaired) electrons. The number of aromatic nitrogens is 1. The number of pyridine rings is 1. The molecular weight excluding hydrogens is 400 g/mol. The van der Waals surface area contributed by atoms with Gasteiger partial charge in [0.2, 0.25) is 5.91 Å². The number of amides is 1. The van der Waals surface area contributed by atoms with E-state index >= 15 is 0 Å². The maximum absolute atomic E-state index is 12.9. The largest absolute Gasteiger partial charge is 0.393 e. The number of piperidine rings is 1. The van der Waals surface area contributed by atoms with Crippen LogP contribution in [-0.2, 0) is 11.2 Å². The van der Waals surface area contributed by atoms with Gasteiger partial charge in [-0.15, -0.1) is 0 Å². The van der Waals surface area contributed by atoms with E-state index in [2.05, 4.69) is 50.4 Å². The normalized spacial score (nSPS) is 20.7. The summed E-state index contributed by atoms with van der Waals surface area (Å²) in [6, 6.07) is 10.8. The third-order valence-electron chi connectivity index (χ3n) is 7.26. The maximum Gasteiger partial charge on any atom is 0.227 e. The van der Waals surface area contributed by atoms with Gasteiger partial charge in [0.05, 0.1) is 11.8 Å². The Balaban J connectivity index is 1.32. The summed E-state index contributed by atoms with van der Waals surface area (Å²) in [5.74, 6) is 1.04. The monoisotopic (exact) mass is 434 g/mol. The van der Waals surface area contributed by atoms with E-state index in [9.17, 15) is 9.90 Å². The second-order valence-corrected chi connectivity index (χ2v) is 9.50. The molecule has 2 fully saturated rings. The zero-order valence-corrected chi connectivity index (χ0v) is 18.8. The van der Waals surface area contributed by atoms with Gasteiger partial charge in [0.25, 0.3) is 0 Å². The van der Waals surface area contributed by atoms with Gasteiger partial charge in [0.15, 0.2) is 0 Å². The molecule has 1 aliphatic carbocycles. The van der Waals surface area contributed by atoms with E-state index in [4.69, 9.17) is 0 Å². The van der Waals surface area contributed by atoms with Crippen LogP contribution in [0.2, 0.25) is 0 Å². The molecule has 0 bridgehead atoms. The molecule has 3 heterocycles. The first kappa shape index (κ1) is 21.3. The Bertz CT molecular complexity index is 929. The second kappa shape index (κ2) is 9.49. The summed E-state index contributed by atoms with van der Waals surface area (Å²) >= 11 is 0. The molecule has 0 spiro atoms. The summed E-state index contributed by atoms with van der Waals surface area (Å²) in [5.41, 5.74) is 4.41. The molecule has 2 aliphatic heterocycles. The van der Waals surface area contributed by atoms with Gasteiger partial charge in [-0.2, -0.15) is 0 Å². The molecular formula is C26H34N4O2. The lowest BCUT2D eigenvalue weighted by atomic mass is 9.98. The van der Waals surface area contributed by atoms with Crippen LogP contribution >= 0.6 is 0 Å². The second-order valence-electron chi connectivity index (χ2n) is 9.50. The Kier molecular flexibility index (Phi) is 6.30. The number of hydrogen-bond donors (Lipinski definition) is 2. The quantitative estimate of drug-likeness (QED) is 0.678. The number of carbonyl (C=O) groups is 1. The molecule has 6 heteroatoms. The number of aliphatic hydroxyl groups excluding tert-OH is 1. The average molecular weight is 435 g/mol. The Morgan fingerprint density at radius 2 is 1.66 bits per heavy atom. The Labute approximate surface area is 190 Å². The van der Waals surface area contributed by atoms with Crippen molar-refractivity contribution in [2.24, 2.45) is 0 Å². The van der Waals surface area contributed by atoms with Gasteiger partial charge in [-0.25, -0.2) is 4.98 Å². The summed E-state index contributed by atoms with van der Waals surface area (Å²) < 4.78 is 0. The number of fused-ring (bicyclic) bond motifs is 1. The van der Waals surface area contributed by atoms with Gasteiger partial charge < -0.3 is 20.2 Å². The number of nitrogens with zero attached hydrogens (tertiary/aromatic N) is 3. The molecule has 1 aromatic carbocycles. The number of anilines is 4. The third-order valence-corrected chi connectivity index (χ3v) is 7.26. The highest BCUT2D eigenvalue weighted by Gasteiger charge is 2.31. The molecule has 1 saturated carbocycles. The van der Waals surface area contributed by atoms with Crippen LogP contribution in [0.5, 0.6) is 0 Å². The minimum Gasteiger partial charge on any atom is -0.393 e. The van der Waals surface area contributed by atoms with Crippen LogP contribution in [0.15, 0.2) is 36.5 Å². The van der Waals surface area contributed by atoms with Crippen molar-refractivity contribution in [1.29, 1.82) is 0 Å². The minimum absolute atomic E-state index is 0.160. The van der Waals surface area contributed by atoms with E-state index in [1.54, 1.807) is 0 Å². The van der Waals surface area contributed by atoms with Crippen molar-refractivity contribution in [2.45, 2.75) is 76.4 Å². The van der Waals surface area contributed by atoms with Crippen molar-refractivity contribution in [3.8, 4) is 0 Å². The summed E-state index contributed by atoms with van der Waals surface area (Å²) in [6.45, 7) is 1.79. The van der Waals surface area contributed by atoms with Crippen molar-refractivity contribution in [1.82, 2.24) is 4.98 Å². The van der Waals surface area contributed by atoms with Crippen molar-refractivity contribution in [3.63, 3.8) is 0 Å². The first-order valence-electron chi connectivity index (χ1n) is 12.3. The van der Waals surface area contributed by atoms with Gasteiger partial charge in [0.1, 0.15) is 5.82 Å². The fourth-order valence-corrected chi connectivity index (χ4v) is 5.40. The lowest BCUT2D eigenvalue weighted by Crippen LogP contribution is -2.43. The zero-order valence-electron chi connectivity index (χ0n) is 18.8. The van der Waals surface area contributed by atoms with Crippen LogP contribution in [-0.4, -0.2) is 41.2 Å². The number of nitrogens with one attached hydrogen (secondary N) is 1. The smallest absolute Gasteiger partial charge is 0.227 e. The van der Waals surface area contributed by atoms with Gasteiger partial charge >= 0.3 is 0 Å².